The molecular weight excluding hydrogens is 152 g/mol. The number of rotatable bonds is 6. The molecule has 0 spiro atoms. The topological polar surface area (TPSA) is 90.2 Å². The summed E-state index contributed by atoms with van der Waals surface area (Å²) in [7, 11) is 0. The Balaban J connectivity index is 3.13. The first-order valence-electron chi connectivity index (χ1n) is 3.36. The number of aliphatic hydroxyl groups excluding tert-OH is 4. The van der Waals surface area contributed by atoms with Crippen LogP contribution in [0.15, 0.2) is 0 Å². The van der Waals surface area contributed by atoms with Crippen LogP contribution in [0.1, 0.15) is 0 Å². The van der Waals surface area contributed by atoms with E-state index in [2.05, 4.69) is 0 Å². The second-order valence-corrected chi connectivity index (χ2v) is 2.21. The van der Waals surface area contributed by atoms with Crippen molar-refractivity contribution in [2.75, 3.05) is 26.4 Å². The summed E-state index contributed by atoms with van der Waals surface area (Å²) in [6.45, 7) is -0.800. The monoisotopic (exact) mass is 166 g/mol. The van der Waals surface area contributed by atoms with Crippen molar-refractivity contribution in [3.63, 3.8) is 0 Å². The third-order valence-corrected chi connectivity index (χ3v) is 1.04. The van der Waals surface area contributed by atoms with Crippen molar-refractivity contribution in [3.8, 4) is 0 Å². The van der Waals surface area contributed by atoms with E-state index in [1.165, 1.54) is 0 Å². The average molecular weight is 166 g/mol. The van der Waals surface area contributed by atoms with Gasteiger partial charge < -0.3 is 25.2 Å². The van der Waals surface area contributed by atoms with E-state index in [0.717, 1.165) is 0 Å². The lowest BCUT2D eigenvalue weighted by Crippen LogP contribution is -2.25. The summed E-state index contributed by atoms with van der Waals surface area (Å²) in [5.74, 6) is 0. The molecule has 4 N–H and O–H groups in total. The first-order chi connectivity index (χ1) is 5.20. The standard InChI is InChI=1S/C6H14O5/c7-1-5(9)3-11-4-6(10)2-8/h5-10H,1-4H2/t5-,6-/m1/s1. The van der Waals surface area contributed by atoms with Crippen LogP contribution in [0.4, 0.5) is 0 Å². The van der Waals surface area contributed by atoms with Gasteiger partial charge in [-0.2, -0.15) is 0 Å². The van der Waals surface area contributed by atoms with Gasteiger partial charge in [-0.3, -0.25) is 0 Å². The Morgan fingerprint density at radius 1 is 0.909 bits per heavy atom. The van der Waals surface area contributed by atoms with Gasteiger partial charge in [-0.15, -0.1) is 0 Å². The van der Waals surface area contributed by atoms with Gasteiger partial charge in [0.05, 0.1) is 26.4 Å². The molecule has 0 radical (unpaired) electrons. The number of hydrogen-bond donors (Lipinski definition) is 4. The maximum Gasteiger partial charge on any atom is 0.100 e. The third kappa shape index (κ3) is 6.21. The number of aliphatic hydroxyl groups is 4. The summed E-state index contributed by atoms with van der Waals surface area (Å²) in [6.07, 6.45) is -1.83. The third-order valence-electron chi connectivity index (χ3n) is 1.04. The van der Waals surface area contributed by atoms with Crippen molar-refractivity contribution in [1.82, 2.24) is 0 Å². The highest BCUT2D eigenvalue weighted by molar-refractivity contribution is 4.52. The summed E-state index contributed by atoms with van der Waals surface area (Å²) in [5, 5.41) is 34.1. The Morgan fingerprint density at radius 3 is 1.55 bits per heavy atom. The Morgan fingerprint density at radius 2 is 1.27 bits per heavy atom. The Kier molecular flexibility index (Phi) is 6.39. The normalized spacial score (nSPS) is 16.4. The van der Waals surface area contributed by atoms with Crippen molar-refractivity contribution >= 4 is 0 Å². The van der Waals surface area contributed by atoms with Crippen LogP contribution in [0, 0.1) is 0 Å². The predicted octanol–water partition coefficient (Wildman–Crippen LogP) is -2.29. The van der Waals surface area contributed by atoms with E-state index in [0.29, 0.717) is 0 Å². The molecule has 0 fully saturated rings. The minimum absolute atomic E-state index is 0.0342. The zero-order valence-electron chi connectivity index (χ0n) is 6.18. The highest BCUT2D eigenvalue weighted by Crippen LogP contribution is 1.87. The second-order valence-electron chi connectivity index (χ2n) is 2.21. The van der Waals surface area contributed by atoms with E-state index in [-0.39, 0.29) is 26.4 Å². The summed E-state index contributed by atoms with van der Waals surface area (Å²) < 4.78 is 4.72. The summed E-state index contributed by atoms with van der Waals surface area (Å²) in [5.41, 5.74) is 0. The molecule has 0 bridgehead atoms. The van der Waals surface area contributed by atoms with Gasteiger partial charge in [0.15, 0.2) is 0 Å². The molecule has 0 aliphatic heterocycles. The fraction of sp³-hybridized carbons (Fsp3) is 1.00. The lowest BCUT2D eigenvalue weighted by atomic mass is 10.4. The van der Waals surface area contributed by atoms with Crippen LogP contribution in [0.3, 0.4) is 0 Å². The van der Waals surface area contributed by atoms with Gasteiger partial charge in [-0.05, 0) is 0 Å². The molecule has 2 atom stereocenters. The Hall–Kier alpha value is -0.200. The van der Waals surface area contributed by atoms with Crippen LogP contribution in [-0.2, 0) is 4.74 Å². The Labute approximate surface area is 64.9 Å². The molecule has 68 valence electrons. The molecule has 0 aromatic heterocycles. The molecule has 0 saturated carbocycles. The van der Waals surface area contributed by atoms with Crippen LogP contribution in [0.5, 0.6) is 0 Å². The first-order valence-corrected chi connectivity index (χ1v) is 3.36. The minimum Gasteiger partial charge on any atom is -0.394 e. The maximum atomic E-state index is 8.72. The summed E-state index contributed by atoms with van der Waals surface area (Å²) in [6, 6.07) is 0. The van der Waals surface area contributed by atoms with Crippen LogP contribution >= 0.6 is 0 Å². The predicted molar refractivity (Wildman–Crippen MR) is 37.0 cm³/mol. The van der Waals surface area contributed by atoms with Gasteiger partial charge in [-0.1, -0.05) is 0 Å². The minimum atomic E-state index is -0.916. The van der Waals surface area contributed by atoms with E-state index in [9.17, 15) is 0 Å². The van der Waals surface area contributed by atoms with Crippen molar-refractivity contribution in [2.45, 2.75) is 12.2 Å². The lowest BCUT2D eigenvalue weighted by molar-refractivity contribution is -0.0364. The zero-order valence-corrected chi connectivity index (χ0v) is 6.18. The molecule has 5 nitrogen and oxygen atoms in total. The molecule has 0 amide bonds. The lowest BCUT2D eigenvalue weighted by Gasteiger charge is -2.10. The van der Waals surface area contributed by atoms with Crippen LogP contribution in [-0.4, -0.2) is 59.1 Å². The highest BCUT2D eigenvalue weighted by Gasteiger charge is 2.04. The summed E-state index contributed by atoms with van der Waals surface area (Å²) in [4.78, 5) is 0. The molecule has 11 heavy (non-hydrogen) atoms. The SMILES string of the molecule is OC[C@@H](O)COC[C@H](O)CO. The average Bonchev–Trinajstić information content (AvgIpc) is 2.04. The van der Waals surface area contributed by atoms with Gasteiger partial charge in [0, 0.05) is 0 Å². The van der Waals surface area contributed by atoms with Gasteiger partial charge in [0.1, 0.15) is 12.2 Å². The molecule has 0 aliphatic rings. The fourth-order valence-corrected chi connectivity index (χ4v) is 0.446. The van der Waals surface area contributed by atoms with E-state index >= 15 is 0 Å². The number of ether oxygens (including phenoxy) is 1. The van der Waals surface area contributed by atoms with E-state index < -0.39 is 12.2 Å². The maximum absolute atomic E-state index is 8.72. The molecule has 0 aromatic rings. The largest absolute Gasteiger partial charge is 0.394 e. The van der Waals surface area contributed by atoms with Gasteiger partial charge in [0.2, 0.25) is 0 Å². The van der Waals surface area contributed by atoms with E-state index in [1.54, 1.807) is 0 Å². The van der Waals surface area contributed by atoms with Crippen molar-refractivity contribution < 1.29 is 25.2 Å². The summed E-state index contributed by atoms with van der Waals surface area (Å²) >= 11 is 0. The van der Waals surface area contributed by atoms with Gasteiger partial charge in [-0.25, -0.2) is 0 Å². The second kappa shape index (κ2) is 6.51. The molecule has 0 aliphatic carbocycles. The first kappa shape index (κ1) is 10.8. The number of hydrogen-bond acceptors (Lipinski definition) is 5. The molecule has 0 rings (SSSR count). The van der Waals surface area contributed by atoms with E-state index in [4.69, 9.17) is 25.2 Å². The molecule has 0 saturated heterocycles. The molecular formula is C6H14O5. The highest BCUT2D eigenvalue weighted by atomic mass is 16.5. The van der Waals surface area contributed by atoms with Crippen LogP contribution < -0.4 is 0 Å². The molecule has 0 aromatic carbocycles. The van der Waals surface area contributed by atoms with Crippen molar-refractivity contribution in [1.29, 1.82) is 0 Å². The van der Waals surface area contributed by atoms with Crippen molar-refractivity contribution in [3.05, 3.63) is 0 Å². The zero-order chi connectivity index (χ0) is 8.69. The van der Waals surface area contributed by atoms with Gasteiger partial charge >= 0.3 is 0 Å². The van der Waals surface area contributed by atoms with Crippen LogP contribution in [0.25, 0.3) is 0 Å². The van der Waals surface area contributed by atoms with Gasteiger partial charge in [0.25, 0.3) is 0 Å². The molecule has 0 unspecified atom stereocenters. The van der Waals surface area contributed by atoms with Crippen LogP contribution in [0.2, 0.25) is 0 Å². The van der Waals surface area contributed by atoms with E-state index in [1.807, 2.05) is 0 Å². The molecule has 5 heteroatoms. The Bertz CT molecular complexity index is 77.0. The van der Waals surface area contributed by atoms with Crippen molar-refractivity contribution in [2.24, 2.45) is 0 Å². The fourth-order valence-electron chi connectivity index (χ4n) is 0.446. The quantitative estimate of drug-likeness (QED) is 0.356. The smallest absolute Gasteiger partial charge is 0.100 e. The molecule has 0 heterocycles.